The van der Waals surface area contributed by atoms with Crippen molar-refractivity contribution in [2.75, 3.05) is 6.61 Å². The third-order valence-electron chi connectivity index (χ3n) is 5.16. The Balaban J connectivity index is 2.64. The summed E-state index contributed by atoms with van der Waals surface area (Å²) in [6.07, 6.45) is 5.01. The number of rotatable bonds is 5. The van der Waals surface area contributed by atoms with Crippen LogP contribution in [0.2, 0.25) is 0 Å². The highest BCUT2D eigenvalue weighted by Gasteiger charge is 2.32. The van der Waals surface area contributed by atoms with Gasteiger partial charge in [-0.2, -0.15) is 0 Å². The number of esters is 1. The smallest absolute Gasteiger partial charge is 0.338 e. The fourth-order valence-electron chi connectivity index (χ4n) is 3.88. The highest BCUT2D eigenvalue weighted by atomic mass is 19.1. The first-order valence-electron chi connectivity index (χ1n) is 9.24. The molecule has 0 atom stereocenters. The Morgan fingerprint density at radius 3 is 2.62 bits per heavy atom. The largest absolute Gasteiger partial charge is 0.462 e. The number of carbonyl (C=O) groups excluding carboxylic acids is 1. The molecule has 0 radical (unpaired) electrons. The second-order valence-electron chi connectivity index (χ2n) is 7.57. The summed E-state index contributed by atoms with van der Waals surface area (Å²) in [7, 11) is 0. The molecule has 0 fully saturated rings. The molecule has 0 N–H and O–H groups in total. The van der Waals surface area contributed by atoms with E-state index in [1.807, 2.05) is 6.92 Å². The van der Waals surface area contributed by atoms with Gasteiger partial charge in [-0.25, -0.2) is 9.18 Å². The first-order valence-corrected chi connectivity index (χ1v) is 9.24. The van der Waals surface area contributed by atoms with Crippen LogP contribution in [0.4, 0.5) is 4.39 Å². The molecule has 2 nitrogen and oxygen atoms in total. The SMILES string of the molecule is C=CC(C)=C(C1=C(C)CCCC1(C)C)c1ccc(C(=O)OCC)cc1F. The van der Waals surface area contributed by atoms with Gasteiger partial charge >= 0.3 is 5.97 Å². The van der Waals surface area contributed by atoms with E-state index >= 15 is 4.39 Å². The van der Waals surface area contributed by atoms with Crippen LogP contribution in [0.15, 0.2) is 47.6 Å². The lowest BCUT2D eigenvalue weighted by molar-refractivity contribution is 0.0526. The monoisotopic (exact) mass is 356 g/mol. The molecule has 1 aliphatic carbocycles. The van der Waals surface area contributed by atoms with Crippen LogP contribution < -0.4 is 0 Å². The van der Waals surface area contributed by atoms with Gasteiger partial charge in [0.2, 0.25) is 0 Å². The Morgan fingerprint density at radius 2 is 2.08 bits per heavy atom. The summed E-state index contributed by atoms with van der Waals surface area (Å²) in [5.41, 5.74) is 5.05. The molecule has 0 saturated heterocycles. The Hall–Kier alpha value is -2.16. The van der Waals surface area contributed by atoms with Crippen LogP contribution in [-0.2, 0) is 4.74 Å². The van der Waals surface area contributed by atoms with Gasteiger partial charge in [0.05, 0.1) is 12.2 Å². The first kappa shape index (κ1) is 20.2. The summed E-state index contributed by atoms with van der Waals surface area (Å²) in [5, 5.41) is 0. The van der Waals surface area contributed by atoms with Crippen molar-refractivity contribution >= 4 is 11.5 Å². The zero-order chi connectivity index (χ0) is 19.5. The lowest BCUT2D eigenvalue weighted by Crippen LogP contribution is -2.22. The molecule has 0 heterocycles. The minimum absolute atomic E-state index is 0.0335. The van der Waals surface area contributed by atoms with Crippen LogP contribution in [-0.4, -0.2) is 12.6 Å². The predicted octanol–water partition coefficient (Wildman–Crippen LogP) is 6.49. The molecule has 1 aromatic carbocycles. The number of hydrogen-bond acceptors (Lipinski definition) is 2. The van der Waals surface area contributed by atoms with E-state index in [1.165, 1.54) is 17.2 Å². The van der Waals surface area contributed by atoms with Gasteiger partial charge in [-0.1, -0.05) is 38.1 Å². The standard InChI is InChI=1S/C23H29FO2/c1-7-15(3)20(21-16(4)10-9-13-23(21,5)6)18-12-11-17(14-19(18)24)22(25)26-8-2/h7,11-12,14H,1,8-10,13H2,2-6H3. The van der Waals surface area contributed by atoms with Crippen molar-refractivity contribution < 1.29 is 13.9 Å². The van der Waals surface area contributed by atoms with Crippen LogP contribution in [0.1, 0.15) is 69.8 Å². The maximum atomic E-state index is 15.0. The normalized spacial score (nSPS) is 17.6. The average molecular weight is 356 g/mol. The topological polar surface area (TPSA) is 26.3 Å². The molecule has 0 unspecified atom stereocenters. The number of halogens is 1. The maximum Gasteiger partial charge on any atom is 0.338 e. The van der Waals surface area contributed by atoms with Crippen molar-refractivity contribution in [2.45, 2.75) is 53.9 Å². The molecule has 2 rings (SSSR count). The van der Waals surface area contributed by atoms with E-state index in [1.54, 1.807) is 25.1 Å². The third kappa shape index (κ3) is 3.98. The quantitative estimate of drug-likeness (QED) is 0.445. The van der Waals surface area contributed by atoms with Crippen molar-refractivity contribution in [3.63, 3.8) is 0 Å². The highest BCUT2D eigenvalue weighted by Crippen LogP contribution is 2.48. The lowest BCUT2D eigenvalue weighted by atomic mass is 9.68. The minimum atomic E-state index is -0.502. The predicted molar refractivity (Wildman–Crippen MR) is 105 cm³/mol. The number of benzene rings is 1. The van der Waals surface area contributed by atoms with Crippen LogP contribution in [0.3, 0.4) is 0 Å². The zero-order valence-corrected chi connectivity index (χ0v) is 16.5. The van der Waals surface area contributed by atoms with Crippen LogP contribution in [0.5, 0.6) is 0 Å². The molecule has 0 bridgehead atoms. The van der Waals surface area contributed by atoms with Gasteiger partial charge in [0, 0.05) is 5.56 Å². The van der Waals surface area contributed by atoms with Gasteiger partial charge in [0.15, 0.2) is 0 Å². The van der Waals surface area contributed by atoms with Crippen molar-refractivity contribution in [2.24, 2.45) is 5.41 Å². The number of ether oxygens (including phenoxy) is 1. The number of allylic oxidation sites excluding steroid dienone is 5. The van der Waals surface area contributed by atoms with Gasteiger partial charge < -0.3 is 4.74 Å². The van der Waals surface area contributed by atoms with E-state index in [-0.39, 0.29) is 17.6 Å². The van der Waals surface area contributed by atoms with Gasteiger partial charge in [-0.05, 0) is 74.3 Å². The Labute approximate surface area is 156 Å². The van der Waals surface area contributed by atoms with Crippen LogP contribution >= 0.6 is 0 Å². The fourth-order valence-corrected chi connectivity index (χ4v) is 3.88. The first-order chi connectivity index (χ1) is 12.2. The number of hydrogen-bond donors (Lipinski definition) is 0. The van der Waals surface area contributed by atoms with Crippen molar-refractivity contribution in [3.8, 4) is 0 Å². The summed E-state index contributed by atoms with van der Waals surface area (Å²) in [6.45, 7) is 14.4. The summed E-state index contributed by atoms with van der Waals surface area (Å²) in [4.78, 5) is 11.9. The maximum absolute atomic E-state index is 15.0. The summed E-state index contributed by atoms with van der Waals surface area (Å²) in [6, 6.07) is 4.60. The molecule has 1 aromatic rings. The second-order valence-corrected chi connectivity index (χ2v) is 7.57. The van der Waals surface area contributed by atoms with Crippen molar-refractivity contribution in [1.82, 2.24) is 0 Å². The average Bonchev–Trinajstić information content (AvgIpc) is 2.58. The van der Waals surface area contributed by atoms with E-state index < -0.39 is 11.8 Å². The molecule has 3 heteroatoms. The Bertz CT molecular complexity index is 781. The Kier molecular flexibility index (Phi) is 6.22. The van der Waals surface area contributed by atoms with Gasteiger partial charge in [0.25, 0.3) is 0 Å². The van der Waals surface area contributed by atoms with Crippen LogP contribution in [0.25, 0.3) is 5.57 Å². The molecule has 0 amide bonds. The third-order valence-corrected chi connectivity index (χ3v) is 5.16. The van der Waals surface area contributed by atoms with Crippen LogP contribution in [0, 0.1) is 11.2 Å². The van der Waals surface area contributed by atoms with E-state index in [0.717, 1.165) is 30.4 Å². The molecule has 0 aliphatic heterocycles. The number of carbonyl (C=O) groups is 1. The Morgan fingerprint density at radius 1 is 1.38 bits per heavy atom. The van der Waals surface area contributed by atoms with Crippen molar-refractivity contribution in [3.05, 3.63) is 64.5 Å². The second kappa shape index (κ2) is 8.03. The molecule has 0 aromatic heterocycles. The molecule has 1 aliphatic rings. The lowest BCUT2D eigenvalue weighted by Gasteiger charge is -2.37. The zero-order valence-electron chi connectivity index (χ0n) is 16.5. The molecular formula is C23H29FO2. The molecular weight excluding hydrogens is 327 g/mol. The summed E-state index contributed by atoms with van der Waals surface area (Å²) >= 11 is 0. The molecule has 26 heavy (non-hydrogen) atoms. The van der Waals surface area contributed by atoms with Gasteiger partial charge in [-0.15, -0.1) is 0 Å². The van der Waals surface area contributed by atoms with E-state index in [2.05, 4.69) is 27.4 Å². The van der Waals surface area contributed by atoms with Gasteiger partial charge in [0.1, 0.15) is 5.82 Å². The fraction of sp³-hybridized carbons (Fsp3) is 0.435. The molecule has 0 saturated carbocycles. The van der Waals surface area contributed by atoms with Crippen molar-refractivity contribution in [1.29, 1.82) is 0 Å². The summed E-state index contributed by atoms with van der Waals surface area (Å²) < 4.78 is 20.0. The highest BCUT2D eigenvalue weighted by molar-refractivity contribution is 5.91. The van der Waals surface area contributed by atoms with E-state index in [4.69, 9.17) is 4.74 Å². The molecule has 0 spiro atoms. The molecule has 140 valence electrons. The van der Waals surface area contributed by atoms with E-state index in [0.29, 0.717) is 5.56 Å². The van der Waals surface area contributed by atoms with E-state index in [9.17, 15) is 4.79 Å². The minimum Gasteiger partial charge on any atom is -0.462 e. The summed E-state index contributed by atoms with van der Waals surface area (Å²) in [5.74, 6) is -0.911. The van der Waals surface area contributed by atoms with Gasteiger partial charge in [-0.3, -0.25) is 0 Å².